The summed E-state index contributed by atoms with van der Waals surface area (Å²) < 4.78 is 0. The molecule has 0 spiro atoms. The first-order chi connectivity index (χ1) is 8.66. The molecule has 0 amide bonds. The number of para-hydroxylation sites is 1. The van der Waals surface area contributed by atoms with Gasteiger partial charge in [-0.1, -0.05) is 18.2 Å². The van der Waals surface area contributed by atoms with Crippen LogP contribution in [-0.2, 0) is 4.79 Å². The van der Waals surface area contributed by atoms with Crippen LogP contribution in [0.2, 0.25) is 0 Å². The molecule has 0 aliphatic carbocycles. The molecule has 18 heavy (non-hydrogen) atoms. The lowest BCUT2D eigenvalue weighted by atomic mass is 10.0. The van der Waals surface area contributed by atoms with Crippen molar-refractivity contribution in [3.8, 4) is 0 Å². The van der Waals surface area contributed by atoms with Crippen LogP contribution in [-0.4, -0.2) is 36.2 Å². The van der Waals surface area contributed by atoms with Gasteiger partial charge in [-0.15, -0.1) is 0 Å². The first-order valence-electron chi connectivity index (χ1n) is 6.45. The van der Waals surface area contributed by atoms with Gasteiger partial charge in [0.25, 0.3) is 0 Å². The van der Waals surface area contributed by atoms with Crippen molar-refractivity contribution in [2.24, 2.45) is 0 Å². The maximum absolute atomic E-state index is 10.8. The highest BCUT2D eigenvalue weighted by Gasteiger charge is 2.22. The van der Waals surface area contributed by atoms with E-state index in [0.717, 1.165) is 25.9 Å². The van der Waals surface area contributed by atoms with Crippen molar-refractivity contribution in [2.45, 2.75) is 31.8 Å². The minimum absolute atomic E-state index is 0.316. The van der Waals surface area contributed by atoms with Gasteiger partial charge >= 0.3 is 5.97 Å². The van der Waals surface area contributed by atoms with Crippen LogP contribution in [0.3, 0.4) is 0 Å². The molecule has 1 aliphatic rings. The number of hydrogen-bond donors (Lipinski definition) is 2. The van der Waals surface area contributed by atoms with Gasteiger partial charge in [0.1, 0.15) is 6.04 Å². The van der Waals surface area contributed by atoms with Gasteiger partial charge in [0, 0.05) is 24.8 Å². The van der Waals surface area contributed by atoms with Crippen LogP contribution >= 0.6 is 0 Å². The molecule has 98 valence electrons. The van der Waals surface area contributed by atoms with Gasteiger partial charge in [-0.05, 0) is 31.9 Å². The highest BCUT2D eigenvalue weighted by Crippen LogP contribution is 2.19. The van der Waals surface area contributed by atoms with Crippen LogP contribution in [0.25, 0.3) is 0 Å². The zero-order chi connectivity index (χ0) is 13.0. The SMILES string of the molecule is CC(NC1CCN(c2ccccc2)CC1)C(=O)O. The number of aliphatic carboxylic acids is 1. The van der Waals surface area contributed by atoms with Crippen molar-refractivity contribution in [2.75, 3.05) is 18.0 Å². The summed E-state index contributed by atoms with van der Waals surface area (Å²) in [6.45, 7) is 3.66. The Kier molecular flexibility index (Phi) is 4.20. The van der Waals surface area contributed by atoms with Crippen molar-refractivity contribution < 1.29 is 9.90 Å². The normalized spacial score (nSPS) is 18.6. The smallest absolute Gasteiger partial charge is 0.320 e. The Balaban J connectivity index is 1.83. The molecule has 4 nitrogen and oxygen atoms in total. The molecular formula is C14H20N2O2. The number of piperidine rings is 1. The number of carboxylic acids is 1. The summed E-state index contributed by atoms with van der Waals surface area (Å²) in [7, 11) is 0. The van der Waals surface area contributed by atoms with E-state index in [0.29, 0.717) is 6.04 Å². The molecule has 0 radical (unpaired) electrons. The second-order valence-electron chi connectivity index (χ2n) is 4.82. The number of nitrogens with one attached hydrogen (secondary N) is 1. The minimum Gasteiger partial charge on any atom is -0.480 e. The van der Waals surface area contributed by atoms with Crippen molar-refractivity contribution >= 4 is 11.7 Å². The molecule has 2 rings (SSSR count). The average Bonchev–Trinajstić information content (AvgIpc) is 2.40. The van der Waals surface area contributed by atoms with Gasteiger partial charge in [0.05, 0.1) is 0 Å². The molecule has 0 aromatic heterocycles. The fourth-order valence-corrected chi connectivity index (χ4v) is 2.37. The molecule has 1 atom stereocenters. The van der Waals surface area contributed by atoms with Gasteiger partial charge < -0.3 is 15.3 Å². The Morgan fingerprint density at radius 3 is 2.50 bits per heavy atom. The standard InChI is InChI=1S/C14H20N2O2/c1-11(14(17)18)15-12-7-9-16(10-8-12)13-5-3-2-4-6-13/h2-6,11-12,15H,7-10H2,1H3,(H,17,18). The molecule has 4 heteroatoms. The Morgan fingerprint density at radius 2 is 1.94 bits per heavy atom. The predicted octanol–water partition coefficient (Wildman–Crippen LogP) is 1.72. The Labute approximate surface area is 108 Å². The lowest BCUT2D eigenvalue weighted by Gasteiger charge is -2.34. The molecule has 0 bridgehead atoms. The Hall–Kier alpha value is -1.55. The van der Waals surface area contributed by atoms with Gasteiger partial charge in [0.15, 0.2) is 0 Å². The third-order valence-electron chi connectivity index (χ3n) is 3.47. The highest BCUT2D eigenvalue weighted by molar-refractivity contribution is 5.72. The highest BCUT2D eigenvalue weighted by atomic mass is 16.4. The van der Waals surface area contributed by atoms with Gasteiger partial charge in [-0.25, -0.2) is 0 Å². The van der Waals surface area contributed by atoms with E-state index in [1.807, 2.05) is 18.2 Å². The lowest BCUT2D eigenvalue weighted by Crippen LogP contribution is -2.47. The van der Waals surface area contributed by atoms with E-state index in [-0.39, 0.29) is 0 Å². The van der Waals surface area contributed by atoms with Gasteiger partial charge in [-0.2, -0.15) is 0 Å². The van der Waals surface area contributed by atoms with E-state index in [2.05, 4.69) is 22.3 Å². The summed E-state index contributed by atoms with van der Waals surface area (Å²) >= 11 is 0. The predicted molar refractivity (Wildman–Crippen MR) is 71.9 cm³/mol. The summed E-state index contributed by atoms with van der Waals surface area (Å²) in [5, 5.41) is 12.0. The summed E-state index contributed by atoms with van der Waals surface area (Å²) in [5.41, 5.74) is 1.25. The average molecular weight is 248 g/mol. The lowest BCUT2D eigenvalue weighted by molar-refractivity contribution is -0.139. The van der Waals surface area contributed by atoms with E-state index in [1.54, 1.807) is 6.92 Å². The van der Waals surface area contributed by atoms with Crippen LogP contribution in [0.5, 0.6) is 0 Å². The maximum atomic E-state index is 10.8. The molecule has 1 aliphatic heterocycles. The number of benzene rings is 1. The molecular weight excluding hydrogens is 228 g/mol. The fraction of sp³-hybridized carbons (Fsp3) is 0.500. The zero-order valence-electron chi connectivity index (χ0n) is 10.7. The monoisotopic (exact) mass is 248 g/mol. The molecule has 2 N–H and O–H groups in total. The molecule has 1 saturated heterocycles. The van der Waals surface area contributed by atoms with Crippen molar-refractivity contribution in [3.63, 3.8) is 0 Å². The largest absolute Gasteiger partial charge is 0.480 e. The Morgan fingerprint density at radius 1 is 1.33 bits per heavy atom. The van der Waals surface area contributed by atoms with Gasteiger partial charge in [-0.3, -0.25) is 4.79 Å². The molecule has 1 fully saturated rings. The van der Waals surface area contributed by atoms with E-state index in [9.17, 15) is 4.79 Å². The third kappa shape index (κ3) is 3.23. The summed E-state index contributed by atoms with van der Waals surface area (Å²) in [6.07, 6.45) is 1.99. The quantitative estimate of drug-likeness (QED) is 0.852. The van der Waals surface area contributed by atoms with Crippen LogP contribution < -0.4 is 10.2 Å². The second-order valence-corrected chi connectivity index (χ2v) is 4.82. The van der Waals surface area contributed by atoms with Crippen LogP contribution in [0, 0.1) is 0 Å². The summed E-state index contributed by atoms with van der Waals surface area (Å²) in [4.78, 5) is 13.1. The molecule has 1 heterocycles. The first kappa shape index (κ1) is 12.9. The molecule has 1 unspecified atom stereocenters. The van der Waals surface area contributed by atoms with E-state index in [4.69, 9.17) is 5.11 Å². The topological polar surface area (TPSA) is 52.6 Å². The number of rotatable bonds is 4. The van der Waals surface area contributed by atoms with Crippen LogP contribution in [0.15, 0.2) is 30.3 Å². The number of anilines is 1. The summed E-state index contributed by atoms with van der Waals surface area (Å²) in [6, 6.07) is 10.2. The van der Waals surface area contributed by atoms with Crippen molar-refractivity contribution in [1.82, 2.24) is 5.32 Å². The van der Waals surface area contributed by atoms with Crippen molar-refractivity contribution in [3.05, 3.63) is 30.3 Å². The third-order valence-corrected chi connectivity index (χ3v) is 3.47. The number of hydrogen-bond acceptors (Lipinski definition) is 3. The number of carbonyl (C=O) groups is 1. The van der Waals surface area contributed by atoms with E-state index >= 15 is 0 Å². The minimum atomic E-state index is -0.777. The second kappa shape index (κ2) is 5.87. The molecule has 1 aromatic carbocycles. The van der Waals surface area contributed by atoms with E-state index < -0.39 is 12.0 Å². The van der Waals surface area contributed by atoms with E-state index in [1.165, 1.54) is 5.69 Å². The van der Waals surface area contributed by atoms with Crippen LogP contribution in [0.4, 0.5) is 5.69 Å². The fourth-order valence-electron chi connectivity index (χ4n) is 2.37. The maximum Gasteiger partial charge on any atom is 0.320 e. The first-order valence-corrected chi connectivity index (χ1v) is 6.45. The molecule has 0 saturated carbocycles. The number of nitrogens with zero attached hydrogens (tertiary/aromatic N) is 1. The Bertz CT molecular complexity index is 386. The zero-order valence-corrected chi connectivity index (χ0v) is 10.7. The number of carboxylic acid groups (broad SMARTS) is 1. The van der Waals surface area contributed by atoms with Crippen molar-refractivity contribution in [1.29, 1.82) is 0 Å². The molecule has 1 aromatic rings. The van der Waals surface area contributed by atoms with Crippen LogP contribution in [0.1, 0.15) is 19.8 Å². The summed E-state index contributed by atoms with van der Waals surface area (Å²) in [5.74, 6) is -0.777. The van der Waals surface area contributed by atoms with Gasteiger partial charge in [0.2, 0.25) is 0 Å².